The average Bonchev–Trinajstić information content (AvgIpc) is 2.90. The molecule has 3 aliphatic rings. The molecule has 2 heterocycles. The first-order valence-electron chi connectivity index (χ1n) is 9.27. The van der Waals surface area contributed by atoms with Gasteiger partial charge in [-0.05, 0) is 37.3 Å². The Bertz CT molecular complexity index is 629. The van der Waals surface area contributed by atoms with Crippen LogP contribution in [0.15, 0.2) is 18.2 Å². The molecule has 0 N–H and O–H groups in total. The van der Waals surface area contributed by atoms with Crippen LogP contribution >= 0.6 is 0 Å². The van der Waals surface area contributed by atoms with Gasteiger partial charge in [-0.3, -0.25) is 9.69 Å². The van der Waals surface area contributed by atoms with Gasteiger partial charge in [-0.1, -0.05) is 23.8 Å². The number of nitrogens with zero attached hydrogens (tertiary/aromatic N) is 2. The van der Waals surface area contributed by atoms with Crippen molar-refractivity contribution in [2.45, 2.75) is 44.6 Å². The summed E-state index contributed by atoms with van der Waals surface area (Å²) in [6.45, 7) is 9.46. The number of hydrogen-bond acceptors (Lipinski definition) is 3. The van der Waals surface area contributed by atoms with Crippen LogP contribution < -0.4 is 0 Å². The van der Waals surface area contributed by atoms with Gasteiger partial charge >= 0.3 is 0 Å². The lowest BCUT2D eigenvalue weighted by Crippen LogP contribution is -2.44. The van der Waals surface area contributed by atoms with Crippen molar-refractivity contribution in [1.29, 1.82) is 0 Å². The predicted octanol–water partition coefficient (Wildman–Crippen LogP) is 2.65. The summed E-state index contributed by atoms with van der Waals surface area (Å²) in [5.74, 6) is 0.219. The first-order chi connectivity index (χ1) is 11.6. The van der Waals surface area contributed by atoms with Crippen molar-refractivity contribution in [3.63, 3.8) is 0 Å². The summed E-state index contributed by atoms with van der Waals surface area (Å²) in [4.78, 5) is 16.3. The van der Waals surface area contributed by atoms with Gasteiger partial charge in [0.25, 0.3) is 0 Å². The molecule has 1 aromatic rings. The summed E-state index contributed by atoms with van der Waals surface area (Å²) < 4.78 is 5.56. The summed E-state index contributed by atoms with van der Waals surface area (Å²) >= 11 is 0. The molecule has 1 aromatic carbocycles. The van der Waals surface area contributed by atoms with Crippen molar-refractivity contribution in [3.8, 4) is 0 Å². The number of morpholine rings is 1. The van der Waals surface area contributed by atoms with Crippen LogP contribution in [0.25, 0.3) is 0 Å². The van der Waals surface area contributed by atoms with Gasteiger partial charge in [0, 0.05) is 44.6 Å². The van der Waals surface area contributed by atoms with Crippen LogP contribution in [0.2, 0.25) is 0 Å². The van der Waals surface area contributed by atoms with Crippen molar-refractivity contribution < 1.29 is 9.53 Å². The number of carbonyl (C=O) groups is 1. The summed E-state index contributed by atoms with van der Waals surface area (Å²) in [5.41, 5.74) is 4.70. The van der Waals surface area contributed by atoms with E-state index in [9.17, 15) is 4.79 Å². The van der Waals surface area contributed by atoms with Gasteiger partial charge in [0.15, 0.2) is 0 Å². The highest BCUT2D eigenvalue weighted by Crippen LogP contribution is 2.53. The lowest BCUT2D eigenvalue weighted by molar-refractivity contribution is -0.130. The van der Waals surface area contributed by atoms with Crippen molar-refractivity contribution in [2.75, 3.05) is 39.4 Å². The number of carbonyl (C=O) groups excluding carboxylic acids is 1. The normalized spacial score (nSPS) is 26.6. The van der Waals surface area contributed by atoms with E-state index in [0.717, 1.165) is 52.2 Å². The molecule has 0 radical (unpaired) electrons. The fraction of sp³-hybridized carbons (Fsp3) is 0.650. The van der Waals surface area contributed by atoms with Crippen LogP contribution in [0.3, 0.4) is 0 Å². The van der Waals surface area contributed by atoms with E-state index in [1.54, 1.807) is 12.5 Å². The topological polar surface area (TPSA) is 32.8 Å². The van der Waals surface area contributed by atoms with Gasteiger partial charge in [0.05, 0.1) is 13.2 Å². The molecule has 130 valence electrons. The molecule has 1 amide bonds. The van der Waals surface area contributed by atoms with E-state index in [-0.39, 0.29) is 11.3 Å². The summed E-state index contributed by atoms with van der Waals surface area (Å²) in [5, 5.41) is 0. The fourth-order valence-corrected chi connectivity index (χ4v) is 4.95. The molecular weight excluding hydrogens is 300 g/mol. The maximum atomic E-state index is 11.7. The largest absolute Gasteiger partial charge is 0.379 e. The number of aryl methyl sites for hydroxylation is 1. The zero-order valence-corrected chi connectivity index (χ0v) is 14.9. The van der Waals surface area contributed by atoms with E-state index < -0.39 is 0 Å². The highest BCUT2D eigenvalue weighted by atomic mass is 16.5. The fourth-order valence-electron chi connectivity index (χ4n) is 4.95. The first kappa shape index (κ1) is 16.1. The van der Waals surface area contributed by atoms with Gasteiger partial charge in [0.1, 0.15) is 0 Å². The second-order valence-electron chi connectivity index (χ2n) is 7.75. The smallest absolute Gasteiger partial charge is 0.219 e. The first-order valence-corrected chi connectivity index (χ1v) is 9.27. The number of piperidine rings is 1. The van der Waals surface area contributed by atoms with Crippen molar-refractivity contribution >= 4 is 5.91 Å². The van der Waals surface area contributed by atoms with Gasteiger partial charge < -0.3 is 9.64 Å². The molecule has 0 bridgehead atoms. The number of benzene rings is 1. The number of amides is 1. The van der Waals surface area contributed by atoms with Crippen LogP contribution in [0, 0.1) is 6.92 Å². The molecule has 2 fully saturated rings. The van der Waals surface area contributed by atoms with E-state index in [0.29, 0.717) is 6.04 Å². The Hall–Kier alpha value is -1.39. The molecule has 4 nitrogen and oxygen atoms in total. The van der Waals surface area contributed by atoms with Gasteiger partial charge in [0.2, 0.25) is 5.91 Å². The molecule has 24 heavy (non-hydrogen) atoms. The number of hydrogen-bond donors (Lipinski definition) is 0. The highest BCUT2D eigenvalue weighted by molar-refractivity contribution is 5.73. The third kappa shape index (κ3) is 2.66. The molecule has 1 aliphatic carbocycles. The third-order valence-electron chi connectivity index (χ3n) is 6.38. The molecule has 2 saturated heterocycles. The van der Waals surface area contributed by atoms with Crippen LogP contribution in [-0.2, 0) is 14.9 Å². The maximum absolute atomic E-state index is 11.7. The van der Waals surface area contributed by atoms with Crippen LogP contribution in [0.1, 0.15) is 48.9 Å². The zero-order valence-electron chi connectivity index (χ0n) is 14.9. The minimum atomic E-state index is 0.219. The van der Waals surface area contributed by atoms with Crippen molar-refractivity contribution in [3.05, 3.63) is 34.9 Å². The minimum Gasteiger partial charge on any atom is -0.379 e. The Morgan fingerprint density at radius 2 is 1.88 bits per heavy atom. The maximum Gasteiger partial charge on any atom is 0.219 e. The molecule has 4 heteroatoms. The van der Waals surface area contributed by atoms with Gasteiger partial charge in [-0.25, -0.2) is 0 Å². The second-order valence-corrected chi connectivity index (χ2v) is 7.75. The van der Waals surface area contributed by atoms with Crippen LogP contribution in [-0.4, -0.2) is 55.1 Å². The quantitative estimate of drug-likeness (QED) is 0.794. The van der Waals surface area contributed by atoms with E-state index in [1.807, 2.05) is 4.90 Å². The second kappa shape index (κ2) is 6.16. The number of rotatable bonds is 1. The molecular formula is C20H28N2O2. The molecule has 0 aromatic heterocycles. The Labute approximate surface area is 144 Å². The zero-order chi connectivity index (χ0) is 16.7. The number of ether oxygens (including phenoxy) is 1. The highest BCUT2D eigenvalue weighted by Gasteiger charge is 2.47. The molecule has 0 saturated carbocycles. The predicted molar refractivity (Wildman–Crippen MR) is 94.1 cm³/mol. The molecule has 2 aliphatic heterocycles. The van der Waals surface area contributed by atoms with Crippen molar-refractivity contribution in [1.82, 2.24) is 9.80 Å². The minimum absolute atomic E-state index is 0.219. The van der Waals surface area contributed by atoms with E-state index in [2.05, 4.69) is 30.0 Å². The summed E-state index contributed by atoms with van der Waals surface area (Å²) in [6, 6.07) is 7.56. The Kier molecular flexibility index (Phi) is 4.13. The van der Waals surface area contributed by atoms with Crippen LogP contribution in [0.5, 0.6) is 0 Å². The van der Waals surface area contributed by atoms with Gasteiger partial charge in [-0.2, -0.15) is 0 Å². The Balaban J connectivity index is 1.65. The monoisotopic (exact) mass is 328 g/mol. The SMILES string of the molecule is CC(=O)N1CCC2(CC1)C[C@H](N1CCOCC1)c1ccc(C)cc12. The van der Waals surface area contributed by atoms with Gasteiger partial charge in [-0.15, -0.1) is 0 Å². The molecule has 4 rings (SSSR count). The standard InChI is InChI=1S/C20H28N2O2/c1-15-3-4-17-18(13-15)20(5-7-21(8-6-20)16(2)23)14-19(17)22-9-11-24-12-10-22/h3-4,13,19H,5-12,14H2,1-2H3/t19-/m0/s1. The molecule has 0 unspecified atom stereocenters. The molecule has 1 spiro atoms. The summed E-state index contributed by atoms with van der Waals surface area (Å²) in [6.07, 6.45) is 3.41. The van der Waals surface area contributed by atoms with E-state index >= 15 is 0 Å². The van der Waals surface area contributed by atoms with E-state index in [1.165, 1.54) is 17.5 Å². The Morgan fingerprint density at radius 1 is 1.17 bits per heavy atom. The lowest BCUT2D eigenvalue weighted by Gasteiger charge is -2.41. The number of likely N-dealkylation sites (tertiary alicyclic amines) is 1. The van der Waals surface area contributed by atoms with Crippen LogP contribution in [0.4, 0.5) is 0 Å². The van der Waals surface area contributed by atoms with Crippen molar-refractivity contribution in [2.24, 2.45) is 0 Å². The number of fused-ring (bicyclic) bond motifs is 2. The molecule has 1 atom stereocenters. The summed E-state index contributed by atoms with van der Waals surface area (Å²) in [7, 11) is 0. The lowest BCUT2D eigenvalue weighted by atomic mass is 9.73. The van der Waals surface area contributed by atoms with E-state index in [4.69, 9.17) is 4.74 Å². The Morgan fingerprint density at radius 3 is 2.54 bits per heavy atom. The third-order valence-corrected chi connectivity index (χ3v) is 6.38. The average molecular weight is 328 g/mol.